The molecule has 8 heteroatoms. The smallest absolute Gasteiger partial charge is 0.343 e. The lowest BCUT2D eigenvalue weighted by molar-refractivity contribution is 0.0729. The van der Waals surface area contributed by atoms with E-state index in [1.165, 1.54) is 31.4 Å². The maximum absolute atomic E-state index is 13.0. The fraction of sp³-hybridized carbons (Fsp3) is 0.0500. The topological polar surface area (TPSA) is 81.7 Å². The molecule has 28 heavy (non-hydrogen) atoms. The normalized spacial score (nSPS) is 10.9. The molecule has 0 fully saturated rings. The molecule has 3 rings (SSSR count). The molecular formula is C20H16FNO5S. The van der Waals surface area contributed by atoms with Crippen LogP contribution in [0.3, 0.4) is 0 Å². The van der Waals surface area contributed by atoms with Crippen LogP contribution in [0.15, 0.2) is 77.7 Å². The summed E-state index contributed by atoms with van der Waals surface area (Å²) in [5.41, 5.74) is 0.480. The van der Waals surface area contributed by atoms with Crippen molar-refractivity contribution in [2.45, 2.75) is 4.90 Å². The Hall–Kier alpha value is -3.39. The van der Waals surface area contributed by atoms with Gasteiger partial charge in [0.2, 0.25) is 0 Å². The fourth-order valence-electron chi connectivity index (χ4n) is 2.36. The van der Waals surface area contributed by atoms with Gasteiger partial charge in [0.25, 0.3) is 10.0 Å². The van der Waals surface area contributed by atoms with Gasteiger partial charge < -0.3 is 9.47 Å². The van der Waals surface area contributed by atoms with Gasteiger partial charge in [0.15, 0.2) is 11.5 Å². The largest absolute Gasteiger partial charge is 0.493 e. The first-order valence-electron chi connectivity index (χ1n) is 8.13. The molecule has 0 aliphatic heterocycles. The van der Waals surface area contributed by atoms with Crippen LogP contribution in [0.1, 0.15) is 10.4 Å². The zero-order valence-corrected chi connectivity index (χ0v) is 15.6. The van der Waals surface area contributed by atoms with Crippen molar-refractivity contribution in [2.75, 3.05) is 11.8 Å². The number of hydrogen-bond donors (Lipinski definition) is 1. The Morgan fingerprint density at radius 2 is 1.50 bits per heavy atom. The number of halogens is 1. The summed E-state index contributed by atoms with van der Waals surface area (Å²) in [6.07, 6.45) is 0. The Bertz CT molecular complexity index is 1080. The molecular weight excluding hydrogens is 385 g/mol. The number of hydrogen-bond acceptors (Lipinski definition) is 5. The SMILES string of the molecule is COc1ccccc1OC(=O)c1ccc(NS(=O)(=O)c2ccc(F)cc2)cc1. The molecule has 0 radical (unpaired) electrons. The van der Waals surface area contributed by atoms with Crippen LogP contribution in [-0.4, -0.2) is 21.5 Å². The van der Waals surface area contributed by atoms with Crippen molar-refractivity contribution >= 4 is 21.7 Å². The molecule has 144 valence electrons. The van der Waals surface area contributed by atoms with Crippen LogP contribution in [0, 0.1) is 5.82 Å². The number of benzene rings is 3. The monoisotopic (exact) mass is 401 g/mol. The molecule has 1 N–H and O–H groups in total. The van der Waals surface area contributed by atoms with Crippen molar-refractivity contribution in [1.82, 2.24) is 0 Å². The number of nitrogens with one attached hydrogen (secondary N) is 1. The average Bonchev–Trinajstić information content (AvgIpc) is 2.69. The Morgan fingerprint density at radius 3 is 2.11 bits per heavy atom. The maximum atomic E-state index is 13.0. The molecule has 0 saturated heterocycles. The third-order valence-corrected chi connectivity index (χ3v) is 5.17. The van der Waals surface area contributed by atoms with Crippen LogP contribution in [0.4, 0.5) is 10.1 Å². The summed E-state index contributed by atoms with van der Waals surface area (Å²) in [5.74, 6) is -0.454. The predicted molar refractivity (Wildman–Crippen MR) is 102 cm³/mol. The lowest BCUT2D eigenvalue weighted by Crippen LogP contribution is -2.13. The number of rotatable bonds is 6. The highest BCUT2D eigenvalue weighted by molar-refractivity contribution is 7.92. The van der Waals surface area contributed by atoms with E-state index in [1.807, 2.05) is 0 Å². The second-order valence-corrected chi connectivity index (χ2v) is 7.36. The van der Waals surface area contributed by atoms with Crippen molar-refractivity contribution in [3.05, 3.63) is 84.2 Å². The number of anilines is 1. The summed E-state index contributed by atoms with van der Waals surface area (Å²) >= 11 is 0. The molecule has 0 spiro atoms. The number of sulfonamides is 1. The van der Waals surface area contributed by atoms with Crippen molar-refractivity contribution in [2.24, 2.45) is 0 Å². The second kappa shape index (κ2) is 8.10. The molecule has 0 aliphatic rings. The number of para-hydroxylation sites is 2. The third-order valence-electron chi connectivity index (χ3n) is 3.77. The summed E-state index contributed by atoms with van der Waals surface area (Å²) < 4.78 is 50.4. The van der Waals surface area contributed by atoms with E-state index in [1.54, 1.807) is 24.3 Å². The predicted octanol–water partition coefficient (Wildman–Crippen LogP) is 3.85. The molecule has 0 bridgehead atoms. The number of esters is 1. The minimum Gasteiger partial charge on any atom is -0.493 e. The maximum Gasteiger partial charge on any atom is 0.343 e. The van der Waals surface area contributed by atoms with Gasteiger partial charge in [0, 0.05) is 5.69 Å². The summed E-state index contributed by atoms with van der Waals surface area (Å²) in [4.78, 5) is 12.2. The van der Waals surface area contributed by atoms with Gasteiger partial charge in [0.1, 0.15) is 5.82 Å². The van der Waals surface area contributed by atoms with E-state index in [4.69, 9.17) is 9.47 Å². The Kier molecular flexibility index (Phi) is 5.60. The Morgan fingerprint density at radius 1 is 0.893 bits per heavy atom. The fourth-order valence-corrected chi connectivity index (χ4v) is 3.42. The third kappa shape index (κ3) is 4.47. The van der Waals surface area contributed by atoms with Crippen LogP contribution in [0.2, 0.25) is 0 Å². The van der Waals surface area contributed by atoms with E-state index in [9.17, 15) is 17.6 Å². The van der Waals surface area contributed by atoms with Crippen LogP contribution in [-0.2, 0) is 10.0 Å². The molecule has 3 aromatic rings. The van der Waals surface area contributed by atoms with E-state index in [0.717, 1.165) is 24.3 Å². The number of methoxy groups -OCH3 is 1. The van der Waals surface area contributed by atoms with Gasteiger partial charge in [-0.2, -0.15) is 0 Å². The minimum absolute atomic E-state index is 0.0754. The summed E-state index contributed by atoms with van der Waals surface area (Å²) in [5, 5.41) is 0. The Labute approximate surface area is 161 Å². The highest BCUT2D eigenvalue weighted by Crippen LogP contribution is 2.27. The van der Waals surface area contributed by atoms with Crippen LogP contribution >= 0.6 is 0 Å². The van der Waals surface area contributed by atoms with Crippen molar-refractivity contribution < 1.29 is 27.1 Å². The van der Waals surface area contributed by atoms with Gasteiger partial charge in [-0.3, -0.25) is 4.72 Å². The van der Waals surface area contributed by atoms with Gasteiger partial charge >= 0.3 is 5.97 Å². The van der Waals surface area contributed by atoms with Crippen molar-refractivity contribution in [3.8, 4) is 11.5 Å². The lowest BCUT2D eigenvalue weighted by atomic mass is 10.2. The highest BCUT2D eigenvalue weighted by atomic mass is 32.2. The zero-order chi connectivity index (χ0) is 20.1. The molecule has 0 aliphatic carbocycles. The van der Waals surface area contributed by atoms with E-state index < -0.39 is 21.8 Å². The number of ether oxygens (including phenoxy) is 2. The molecule has 6 nitrogen and oxygen atoms in total. The quantitative estimate of drug-likeness (QED) is 0.501. The Balaban J connectivity index is 1.72. The lowest BCUT2D eigenvalue weighted by Gasteiger charge is -2.10. The summed E-state index contributed by atoms with van der Waals surface area (Å²) in [6, 6.07) is 16.9. The first kappa shape index (κ1) is 19.4. The first-order valence-corrected chi connectivity index (χ1v) is 9.61. The number of carbonyl (C=O) groups excluding carboxylic acids is 1. The van der Waals surface area contributed by atoms with Crippen molar-refractivity contribution in [1.29, 1.82) is 0 Å². The van der Waals surface area contributed by atoms with Crippen LogP contribution < -0.4 is 14.2 Å². The minimum atomic E-state index is -3.87. The van der Waals surface area contributed by atoms with Gasteiger partial charge in [-0.15, -0.1) is 0 Å². The van der Waals surface area contributed by atoms with Gasteiger partial charge in [-0.1, -0.05) is 12.1 Å². The molecule has 0 saturated carbocycles. The molecule has 0 heterocycles. The van der Waals surface area contributed by atoms with Crippen molar-refractivity contribution in [3.63, 3.8) is 0 Å². The van der Waals surface area contributed by atoms with E-state index in [-0.39, 0.29) is 21.9 Å². The summed E-state index contributed by atoms with van der Waals surface area (Å²) in [7, 11) is -2.40. The first-order chi connectivity index (χ1) is 13.4. The van der Waals surface area contributed by atoms with E-state index >= 15 is 0 Å². The molecule has 3 aromatic carbocycles. The highest BCUT2D eigenvalue weighted by Gasteiger charge is 2.16. The van der Waals surface area contributed by atoms with Crippen LogP contribution in [0.5, 0.6) is 11.5 Å². The van der Waals surface area contributed by atoms with Crippen LogP contribution in [0.25, 0.3) is 0 Å². The standard InChI is InChI=1S/C20H16FNO5S/c1-26-18-4-2-3-5-19(18)27-20(23)14-6-10-16(11-7-14)22-28(24,25)17-12-8-15(21)9-13-17/h2-13,22H,1H3. The molecule has 0 unspecified atom stereocenters. The molecule has 0 aromatic heterocycles. The zero-order valence-electron chi connectivity index (χ0n) is 14.8. The van der Waals surface area contributed by atoms with Gasteiger partial charge in [-0.25, -0.2) is 17.6 Å². The summed E-state index contributed by atoms with van der Waals surface area (Å²) in [6.45, 7) is 0. The molecule has 0 amide bonds. The van der Waals surface area contributed by atoms with E-state index in [0.29, 0.717) is 5.75 Å². The van der Waals surface area contributed by atoms with Gasteiger partial charge in [0.05, 0.1) is 17.6 Å². The molecule has 0 atom stereocenters. The second-order valence-electron chi connectivity index (χ2n) is 5.68. The van der Waals surface area contributed by atoms with Gasteiger partial charge in [-0.05, 0) is 60.7 Å². The van der Waals surface area contributed by atoms with E-state index in [2.05, 4.69) is 4.72 Å². The number of carbonyl (C=O) groups is 1. The average molecular weight is 401 g/mol.